The normalized spacial score (nSPS) is 18.3. The van der Waals surface area contributed by atoms with Crippen molar-refractivity contribution in [1.82, 2.24) is 10.0 Å². The minimum Gasteiger partial charge on any atom is -0.449 e. The summed E-state index contributed by atoms with van der Waals surface area (Å²) in [5.41, 5.74) is 0.166. The first-order chi connectivity index (χ1) is 12.3. The SMILES string of the molecule is CCNC(=O)[C@@H](C)OC(=O)c1ccc(S(=O)(=O)NC[C@H]2CCCO2)cc1. The molecule has 8 nitrogen and oxygen atoms in total. The third-order valence-corrected chi connectivity index (χ3v) is 5.37. The highest BCUT2D eigenvalue weighted by Crippen LogP contribution is 2.14. The van der Waals surface area contributed by atoms with Crippen LogP contribution in [0, 0.1) is 0 Å². The molecule has 0 aliphatic carbocycles. The van der Waals surface area contributed by atoms with Gasteiger partial charge in [0.1, 0.15) is 0 Å². The molecule has 0 saturated carbocycles. The van der Waals surface area contributed by atoms with Gasteiger partial charge in [0.15, 0.2) is 6.10 Å². The number of sulfonamides is 1. The summed E-state index contributed by atoms with van der Waals surface area (Å²) in [4.78, 5) is 23.7. The molecule has 2 rings (SSSR count). The van der Waals surface area contributed by atoms with Crippen molar-refractivity contribution in [2.24, 2.45) is 0 Å². The van der Waals surface area contributed by atoms with E-state index in [-0.39, 0.29) is 23.1 Å². The average molecular weight is 384 g/mol. The largest absolute Gasteiger partial charge is 0.449 e. The monoisotopic (exact) mass is 384 g/mol. The van der Waals surface area contributed by atoms with E-state index in [1.807, 2.05) is 0 Å². The van der Waals surface area contributed by atoms with Gasteiger partial charge in [0.05, 0.1) is 16.6 Å². The fourth-order valence-electron chi connectivity index (χ4n) is 2.46. The van der Waals surface area contributed by atoms with E-state index in [1.54, 1.807) is 6.92 Å². The molecular weight excluding hydrogens is 360 g/mol. The molecule has 144 valence electrons. The zero-order chi connectivity index (χ0) is 19.2. The Balaban J connectivity index is 1.95. The Kier molecular flexibility index (Phi) is 7.13. The second-order valence-electron chi connectivity index (χ2n) is 5.95. The summed E-state index contributed by atoms with van der Waals surface area (Å²) in [5.74, 6) is -1.08. The van der Waals surface area contributed by atoms with Crippen LogP contribution in [0.25, 0.3) is 0 Å². The number of carbonyl (C=O) groups is 2. The summed E-state index contributed by atoms with van der Waals surface area (Å²) >= 11 is 0. The highest BCUT2D eigenvalue weighted by molar-refractivity contribution is 7.89. The van der Waals surface area contributed by atoms with E-state index in [0.29, 0.717) is 13.2 Å². The molecule has 1 aliphatic rings. The molecule has 0 aromatic heterocycles. The summed E-state index contributed by atoms with van der Waals surface area (Å²) in [5, 5.41) is 2.55. The van der Waals surface area contributed by atoms with Crippen LogP contribution in [0.1, 0.15) is 37.0 Å². The number of hydrogen-bond acceptors (Lipinski definition) is 6. The maximum Gasteiger partial charge on any atom is 0.338 e. The number of likely N-dealkylation sites (N-methyl/N-ethyl adjacent to an activating group) is 1. The molecule has 0 spiro atoms. The van der Waals surface area contributed by atoms with Gasteiger partial charge in [-0.25, -0.2) is 17.9 Å². The number of esters is 1. The zero-order valence-electron chi connectivity index (χ0n) is 14.9. The van der Waals surface area contributed by atoms with Crippen molar-refractivity contribution in [1.29, 1.82) is 0 Å². The Bertz CT molecular complexity index is 726. The van der Waals surface area contributed by atoms with Crippen LogP contribution in [0.15, 0.2) is 29.2 Å². The second kappa shape index (κ2) is 9.11. The van der Waals surface area contributed by atoms with Crippen LogP contribution in [-0.2, 0) is 24.3 Å². The molecule has 0 unspecified atom stereocenters. The van der Waals surface area contributed by atoms with E-state index in [9.17, 15) is 18.0 Å². The molecule has 9 heteroatoms. The third kappa shape index (κ3) is 5.52. The Hall–Kier alpha value is -1.97. The van der Waals surface area contributed by atoms with Crippen LogP contribution in [0.2, 0.25) is 0 Å². The van der Waals surface area contributed by atoms with Crippen LogP contribution < -0.4 is 10.0 Å². The highest BCUT2D eigenvalue weighted by atomic mass is 32.2. The molecule has 1 amide bonds. The quantitative estimate of drug-likeness (QED) is 0.642. The number of amides is 1. The van der Waals surface area contributed by atoms with Gasteiger partial charge in [-0.3, -0.25) is 4.79 Å². The van der Waals surface area contributed by atoms with Crippen LogP contribution in [0.4, 0.5) is 0 Å². The van der Waals surface area contributed by atoms with Gasteiger partial charge in [0.25, 0.3) is 5.91 Å². The molecule has 2 N–H and O–H groups in total. The minimum absolute atomic E-state index is 0.0452. The molecule has 2 atom stereocenters. The van der Waals surface area contributed by atoms with Gasteiger partial charge in [-0.05, 0) is 51.0 Å². The summed E-state index contributed by atoms with van der Waals surface area (Å²) in [6, 6.07) is 5.36. The van der Waals surface area contributed by atoms with Gasteiger partial charge in [-0.15, -0.1) is 0 Å². The number of carbonyl (C=O) groups excluding carboxylic acids is 2. The lowest BCUT2D eigenvalue weighted by Gasteiger charge is -2.13. The highest BCUT2D eigenvalue weighted by Gasteiger charge is 2.22. The lowest BCUT2D eigenvalue weighted by molar-refractivity contribution is -0.128. The molecule has 1 aliphatic heterocycles. The number of rotatable bonds is 8. The average Bonchev–Trinajstić information content (AvgIpc) is 3.14. The van der Waals surface area contributed by atoms with Gasteiger partial charge in [-0.1, -0.05) is 0 Å². The van der Waals surface area contributed by atoms with E-state index in [1.165, 1.54) is 31.2 Å². The van der Waals surface area contributed by atoms with Crippen molar-refractivity contribution in [3.63, 3.8) is 0 Å². The van der Waals surface area contributed by atoms with E-state index >= 15 is 0 Å². The Morgan fingerprint density at radius 2 is 2.00 bits per heavy atom. The topological polar surface area (TPSA) is 111 Å². The molecule has 1 saturated heterocycles. The molecule has 0 radical (unpaired) electrons. The number of nitrogens with one attached hydrogen (secondary N) is 2. The van der Waals surface area contributed by atoms with Gasteiger partial charge < -0.3 is 14.8 Å². The first-order valence-corrected chi connectivity index (χ1v) is 10.0. The molecule has 26 heavy (non-hydrogen) atoms. The standard InChI is InChI=1S/C17H24N2O6S/c1-3-18-16(20)12(2)25-17(21)13-6-8-15(9-7-13)26(22,23)19-11-14-5-4-10-24-14/h6-9,12,14,19H,3-5,10-11H2,1-2H3,(H,18,20)/t12-,14-/m1/s1. The zero-order valence-corrected chi connectivity index (χ0v) is 15.7. The molecule has 1 fully saturated rings. The first-order valence-electron chi connectivity index (χ1n) is 8.53. The van der Waals surface area contributed by atoms with Crippen LogP contribution in [0.3, 0.4) is 0 Å². The van der Waals surface area contributed by atoms with Crippen molar-refractivity contribution >= 4 is 21.9 Å². The lowest BCUT2D eigenvalue weighted by atomic mass is 10.2. The smallest absolute Gasteiger partial charge is 0.338 e. The Morgan fingerprint density at radius 1 is 1.31 bits per heavy atom. The van der Waals surface area contributed by atoms with Crippen molar-refractivity contribution < 1.29 is 27.5 Å². The molecule has 1 aromatic rings. The van der Waals surface area contributed by atoms with Gasteiger partial charge in [0, 0.05) is 19.7 Å². The minimum atomic E-state index is -3.68. The molecule has 1 heterocycles. The predicted molar refractivity (Wildman–Crippen MR) is 94.2 cm³/mol. The van der Waals surface area contributed by atoms with Crippen molar-refractivity contribution in [3.05, 3.63) is 29.8 Å². The van der Waals surface area contributed by atoms with E-state index in [4.69, 9.17) is 9.47 Å². The predicted octanol–water partition coefficient (Wildman–Crippen LogP) is 0.825. The fourth-order valence-corrected chi connectivity index (χ4v) is 3.53. The molecule has 0 bridgehead atoms. The Morgan fingerprint density at radius 3 is 2.58 bits per heavy atom. The summed E-state index contributed by atoms with van der Waals surface area (Å²) in [6.45, 7) is 4.54. The van der Waals surface area contributed by atoms with E-state index in [2.05, 4.69) is 10.0 Å². The fraction of sp³-hybridized carbons (Fsp3) is 0.529. The summed E-state index contributed by atoms with van der Waals surface area (Å²) < 4.78 is 37.5. The second-order valence-corrected chi connectivity index (χ2v) is 7.72. The molecular formula is C17H24N2O6S. The Labute approximate surface area is 153 Å². The number of hydrogen-bond donors (Lipinski definition) is 2. The van der Waals surface area contributed by atoms with Crippen LogP contribution >= 0.6 is 0 Å². The maximum absolute atomic E-state index is 12.3. The van der Waals surface area contributed by atoms with Crippen molar-refractivity contribution in [3.8, 4) is 0 Å². The van der Waals surface area contributed by atoms with Crippen molar-refractivity contribution in [2.75, 3.05) is 19.7 Å². The first kappa shape index (κ1) is 20.3. The van der Waals surface area contributed by atoms with Crippen LogP contribution in [-0.4, -0.2) is 52.2 Å². The lowest BCUT2D eigenvalue weighted by Crippen LogP contribution is -2.35. The van der Waals surface area contributed by atoms with Gasteiger partial charge in [-0.2, -0.15) is 0 Å². The van der Waals surface area contributed by atoms with Crippen LogP contribution in [0.5, 0.6) is 0 Å². The molecule has 1 aromatic carbocycles. The summed E-state index contributed by atoms with van der Waals surface area (Å²) in [6.07, 6.45) is 0.725. The van der Waals surface area contributed by atoms with Gasteiger partial charge in [0.2, 0.25) is 10.0 Å². The van der Waals surface area contributed by atoms with Gasteiger partial charge >= 0.3 is 5.97 Å². The number of benzene rings is 1. The van der Waals surface area contributed by atoms with E-state index < -0.39 is 28.0 Å². The third-order valence-electron chi connectivity index (χ3n) is 3.93. The maximum atomic E-state index is 12.3. The number of ether oxygens (including phenoxy) is 2. The summed E-state index contributed by atoms with van der Waals surface area (Å²) in [7, 11) is -3.68. The van der Waals surface area contributed by atoms with Crippen molar-refractivity contribution in [2.45, 2.75) is 43.8 Å². The van der Waals surface area contributed by atoms with E-state index in [0.717, 1.165) is 12.8 Å².